The average molecular weight is 207 g/mol. The van der Waals surface area contributed by atoms with Gasteiger partial charge >= 0.3 is 0 Å². The van der Waals surface area contributed by atoms with Crippen molar-refractivity contribution in [3.05, 3.63) is 30.1 Å². The maximum atomic E-state index is 13.4. The molecule has 1 aliphatic heterocycles. The SMILES string of the molecule is O=C1CCCC(=O)N1c1ccccc1F. The lowest BCUT2D eigenvalue weighted by atomic mass is 10.1. The highest BCUT2D eigenvalue weighted by Gasteiger charge is 2.28. The van der Waals surface area contributed by atoms with E-state index in [9.17, 15) is 14.0 Å². The largest absolute Gasteiger partial charge is 0.274 e. The third kappa shape index (κ3) is 1.75. The first kappa shape index (κ1) is 9.83. The van der Waals surface area contributed by atoms with Crippen LogP contribution in [0.4, 0.5) is 10.1 Å². The molecule has 2 amide bonds. The number of halogens is 1. The number of hydrogen-bond acceptors (Lipinski definition) is 2. The molecular weight excluding hydrogens is 197 g/mol. The van der Waals surface area contributed by atoms with Gasteiger partial charge in [0.1, 0.15) is 5.82 Å². The number of piperidine rings is 1. The Morgan fingerprint density at radius 1 is 1.07 bits per heavy atom. The summed E-state index contributed by atoms with van der Waals surface area (Å²) in [6, 6.07) is 5.81. The molecule has 15 heavy (non-hydrogen) atoms. The van der Waals surface area contributed by atoms with E-state index in [0.29, 0.717) is 19.3 Å². The van der Waals surface area contributed by atoms with Crippen molar-refractivity contribution in [2.24, 2.45) is 0 Å². The number of hydrogen-bond donors (Lipinski definition) is 0. The summed E-state index contributed by atoms with van der Waals surface area (Å²) in [5, 5.41) is 0. The molecule has 1 aromatic rings. The Labute approximate surface area is 86.5 Å². The molecule has 0 aliphatic carbocycles. The van der Waals surface area contributed by atoms with Gasteiger partial charge in [-0.1, -0.05) is 12.1 Å². The topological polar surface area (TPSA) is 37.4 Å². The van der Waals surface area contributed by atoms with Crippen LogP contribution in [0.5, 0.6) is 0 Å². The summed E-state index contributed by atoms with van der Waals surface area (Å²) in [6.45, 7) is 0. The van der Waals surface area contributed by atoms with Crippen LogP contribution in [-0.2, 0) is 9.59 Å². The Bertz CT molecular complexity index is 401. The van der Waals surface area contributed by atoms with Crippen molar-refractivity contribution >= 4 is 17.5 Å². The minimum absolute atomic E-state index is 0.0622. The summed E-state index contributed by atoms with van der Waals surface area (Å²) in [7, 11) is 0. The zero-order chi connectivity index (χ0) is 10.8. The highest BCUT2D eigenvalue weighted by molar-refractivity contribution is 6.16. The fourth-order valence-electron chi connectivity index (χ4n) is 1.66. The van der Waals surface area contributed by atoms with Crippen LogP contribution in [0, 0.1) is 5.82 Å². The second-order valence-electron chi connectivity index (χ2n) is 3.43. The molecule has 0 aromatic heterocycles. The van der Waals surface area contributed by atoms with Crippen molar-refractivity contribution in [3.8, 4) is 0 Å². The number of rotatable bonds is 1. The lowest BCUT2D eigenvalue weighted by Gasteiger charge is -2.24. The minimum Gasteiger partial charge on any atom is -0.274 e. The second-order valence-corrected chi connectivity index (χ2v) is 3.43. The fraction of sp³-hybridized carbons (Fsp3) is 0.273. The lowest BCUT2D eigenvalue weighted by molar-refractivity contribution is -0.129. The van der Waals surface area contributed by atoms with Crippen LogP contribution in [0.15, 0.2) is 24.3 Å². The van der Waals surface area contributed by atoms with Gasteiger partial charge in [-0.15, -0.1) is 0 Å². The van der Waals surface area contributed by atoms with E-state index in [2.05, 4.69) is 0 Å². The standard InChI is InChI=1S/C11H10FNO2/c12-8-4-1-2-5-9(8)13-10(14)6-3-7-11(13)15/h1-2,4-5H,3,6-7H2. The lowest BCUT2D eigenvalue weighted by Crippen LogP contribution is -2.40. The molecule has 1 aromatic carbocycles. The quantitative estimate of drug-likeness (QED) is 0.659. The van der Waals surface area contributed by atoms with E-state index in [1.807, 2.05) is 0 Å². The van der Waals surface area contributed by atoms with Gasteiger partial charge in [0, 0.05) is 12.8 Å². The first-order valence-electron chi connectivity index (χ1n) is 4.80. The smallest absolute Gasteiger partial charge is 0.233 e. The van der Waals surface area contributed by atoms with E-state index in [1.165, 1.54) is 18.2 Å². The third-order valence-corrected chi connectivity index (χ3v) is 2.37. The first-order chi connectivity index (χ1) is 7.20. The summed E-state index contributed by atoms with van der Waals surface area (Å²) in [6.07, 6.45) is 1.17. The van der Waals surface area contributed by atoms with Crippen LogP contribution >= 0.6 is 0 Å². The van der Waals surface area contributed by atoms with Crippen LogP contribution in [0.3, 0.4) is 0 Å². The number of imide groups is 1. The molecule has 0 radical (unpaired) electrons. The molecular formula is C11H10FNO2. The Hall–Kier alpha value is -1.71. The molecule has 0 unspecified atom stereocenters. The van der Waals surface area contributed by atoms with Crippen molar-refractivity contribution in [3.63, 3.8) is 0 Å². The Balaban J connectivity index is 2.40. The van der Waals surface area contributed by atoms with Gasteiger partial charge in [0.25, 0.3) is 0 Å². The molecule has 0 bridgehead atoms. The summed E-state index contributed by atoms with van der Waals surface area (Å²) >= 11 is 0. The van der Waals surface area contributed by atoms with Gasteiger partial charge in [0.05, 0.1) is 5.69 Å². The number of amides is 2. The number of carbonyl (C=O) groups excluding carboxylic acids is 2. The molecule has 78 valence electrons. The van der Waals surface area contributed by atoms with E-state index in [0.717, 1.165) is 4.90 Å². The highest BCUT2D eigenvalue weighted by Crippen LogP contribution is 2.24. The highest BCUT2D eigenvalue weighted by atomic mass is 19.1. The van der Waals surface area contributed by atoms with Gasteiger partial charge in [0.2, 0.25) is 11.8 Å². The van der Waals surface area contributed by atoms with Gasteiger partial charge < -0.3 is 0 Å². The van der Waals surface area contributed by atoms with Gasteiger partial charge in [-0.25, -0.2) is 9.29 Å². The van der Waals surface area contributed by atoms with E-state index in [4.69, 9.17) is 0 Å². The van der Waals surface area contributed by atoms with Crippen molar-refractivity contribution in [1.29, 1.82) is 0 Å². The fourth-order valence-corrected chi connectivity index (χ4v) is 1.66. The van der Waals surface area contributed by atoms with Crippen molar-refractivity contribution in [1.82, 2.24) is 0 Å². The summed E-state index contributed by atoms with van der Waals surface area (Å²) in [5.74, 6) is -1.19. The van der Waals surface area contributed by atoms with Crippen LogP contribution in [0.1, 0.15) is 19.3 Å². The van der Waals surface area contributed by atoms with Gasteiger partial charge in [-0.2, -0.15) is 0 Å². The van der Waals surface area contributed by atoms with E-state index in [1.54, 1.807) is 6.07 Å². The number of anilines is 1. The number of benzene rings is 1. The Morgan fingerprint density at radius 3 is 2.27 bits per heavy atom. The minimum atomic E-state index is -0.541. The molecule has 1 fully saturated rings. The maximum Gasteiger partial charge on any atom is 0.233 e. The zero-order valence-corrected chi connectivity index (χ0v) is 8.07. The summed E-state index contributed by atoms with van der Waals surface area (Å²) in [5.41, 5.74) is 0.0622. The van der Waals surface area contributed by atoms with E-state index in [-0.39, 0.29) is 17.5 Å². The molecule has 1 saturated heterocycles. The monoisotopic (exact) mass is 207 g/mol. The molecule has 2 rings (SSSR count). The Morgan fingerprint density at radius 2 is 1.67 bits per heavy atom. The van der Waals surface area contributed by atoms with Crippen LogP contribution in [0.25, 0.3) is 0 Å². The molecule has 0 atom stereocenters. The van der Waals surface area contributed by atoms with Crippen molar-refractivity contribution < 1.29 is 14.0 Å². The zero-order valence-electron chi connectivity index (χ0n) is 8.07. The molecule has 1 heterocycles. The van der Waals surface area contributed by atoms with E-state index >= 15 is 0 Å². The first-order valence-corrected chi connectivity index (χ1v) is 4.80. The molecule has 3 nitrogen and oxygen atoms in total. The predicted octanol–water partition coefficient (Wildman–Crippen LogP) is 1.87. The van der Waals surface area contributed by atoms with Crippen LogP contribution in [0.2, 0.25) is 0 Å². The number of carbonyl (C=O) groups is 2. The molecule has 4 heteroatoms. The molecule has 0 N–H and O–H groups in total. The van der Waals surface area contributed by atoms with Gasteiger partial charge in [-0.05, 0) is 18.6 Å². The predicted molar refractivity (Wildman–Crippen MR) is 52.7 cm³/mol. The molecule has 1 aliphatic rings. The van der Waals surface area contributed by atoms with Gasteiger partial charge in [-0.3, -0.25) is 9.59 Å². The summed E-state index contributed by atoms with van der Waals surface area (Å²) < 4.78 is 13.4. The second kappa shape index (κ2) is 3.81. The number of para-hydroxylation sites is 1. The van der Waals surface area contributed by atoms with Crippen LogP contribution < -0.4 is 4.90 Å². The molecule has 0 spiro atoms. The third-order valence-electron chi connectivity index (χ3n) is 2.37. The maximum absolute atomic E-state index is 13.4. The summed E-state index contributed by atoms with van der Waals surface area (Å²) in [4.78, 5) is 23.9. The normalized spacial score (nSPS) is 17.0. The van der Waals surface area contributed by atoms with E-state index < -0.39 is 5.82 Å². The average Bonchev–Trinajstić information content (AvgIpc) is 2.20. The molecule has 0 saturated carbocycles. The van der Waals surface area contributed by atoms with Crippen LogP contribution in [-0.4, -0.2) is 11.8 Å². The number of nitrogens with zero attached hydrogens (tertiary/aromatic N) is 1. The van der Waals surface area contributed by atoms with Gasteiger partial charge in [0.15, 0.2) is 0 Å². The Kier molecular flexibility index (Phi) is 2.49. The van der Waals surface area contributed by atoms with Crippen molar-refractivity contribution in [2.45, 2.75) is 19.3 Å². The van der Waals surface area contributed by atoms with Crippen molar-refractivity contribution in [2.75, 3.05) is 4.90 Å².